The van der Waals surface area contributed by atoms with Crippen molar-refractivity contribution in [1.82, 2.24) is 25.5 Å². The van der Waals surface area contributed by atoms with Crippen LogP contribution >= 0.6 is 0 Å². The summed E-state index contributed by atoms with van der Waals surface area (Å²) >= 11 is 0. The second-order valence-corrected chi connectivity index (χ2v) is 7.87. The van der Waals surface area contributed by atoms with Crippen LogP contribution < -0.4 is 10.6 Å². The third kappa shape index (κ3) is 4.32. The Bertz CT molecular complexity index is 664. The molecule has 150 valence electrons. The molecule has 0 unspecified atom stereocenters. The highest BCUT2D eigenvalue weighted by atomic mass is 16.5. The molecule has 1 spiro atoms. The van der Waals surface area contributed by atoms with Crippen LogP contribution in [0.3, 0.4) is 0 Å². The molecule has 0 aromatic carbocycles. The van der Waals surface area contributed by atoms with Crippen LogP contribution in [0.15, 0.2) is 6.33 Å². The SMILES string of the molecule is CCOCC(=O)N1CCC2(CC1)N[C@H](C(=O)NCC(C)C)Cc1[nH]cnc12. The number of likely N-dealkylation sites (tertiary alicyclic amines) is 1. The molecule has 3 rings (SSSR count). The van der Waals surface area contributed by atoms with E-state index >= 15 is 0 Å². The Balaban J connectivity index is 1.69. The van der Waals surface area contributed by atoms with Crippen molar-refractivity contribution in [2.24, 2.45) is 5.92 Å². The first kappa shape index (κ1) is 19.8. The number of aromatic nitrogens is 2. The molecular weight excluding hydrogens is 346 g/mol. The van der Waals surface area contributed by atoms with E-state index in [2.05, 4.69) is 34.4 Å². The van der Waals surface area contributed by atoms with E-state index in [9.17, 15) is 9.59 Å². The van der Waals surface area contributed by atoms with Gasteiger partial charge in [-0.25, -0.2) is 4.98 Å². The molecule has 1 fully saturated rings. The molecule has 0 aliphatic carbocycles. The van der Waals surface area contributed by atoms with Crippen LogP contribution in [-0.2, 0) is 26.3 Å². The van der Waals surface area contributed by atoms with E-state index in [0.29, 0.717) is 38.6 Å². The summed E-state index contributed by atoms with van der Waals surface area (Å²) in [4.78, 5) is 34.5. The first-order valence-electron chi connectivity index (χ1n) is 9.89. The largest absolute Gasteiger partial charge is 0.372 e. The summed E-state index contributed by atoms with van der Waals surface area (Å²) in [5, 5.41) is 6.60. The highest BCUT2D eigenvalue weighted by molar-refractivity contribution is 5.82. The molecule has 1 saturated heterocycles. The predicted octanol–water partition coefficient (Wildman–Crippen LogP) is 0.550. The Hall–Kier alpha value is -1.93. The van der Waals surface area contributed by atoms with E-state index in [1.807, 2.05) is 11.8 Å². The van der Waals surface area contributed by atoms with E-state index < -0.39 is 0 Å². The molecule has 0 saturated carbocycles. The maximum atomic E-state index is 12.7. The van der Waals surface area contributed by atoms with Gasteiger partial charge in [-0.2, -0.15) is 0 Å². The van der Waals surface area contributed by atoms with E-state index in [1.165, 1.54) is 0 Å². The second-order valence-electron chi connectivity index (χ2n) is 7.87. The smallest absolute Gasteiger partial charge is 0.248 e. The number of aromatic amines is 1. The minimum Gasteiger partial charge on any atom is -0.372 e. The van der Waals surface area contributed by atoms with Gasteiger partial charge in [0.1, 0.15) is 6.61 Å². The minimum atomic E-state index is -0.365. The van der Waals surface area contributed by atoms with Gasteiger partial charge in [-0.3, -0.25) is 14.9 Å². The zero-order chi connectivity index (χ0) is 19.4. The van der Waals surface area contributed by atoms with Crippen molar-refractivity contribution in [2.75, 3.05) is 32.8 Å². The normalized spacial score (nSPS) is 21.3. The van der Waals surface area contributed by atoms with Crippen molar-refractivity contribution >= 4 is 11.8 Å². The number of nitrogens with one attached hydrogen (secondary N) is 3. The van der Waals surface area contributed by atoms with E-state index in [0.717, 1.165) is 24.2 Å². The summed E-state index contributed by atoms with van der Waals surface area (Å²) in [6.07, 6.45) is 3.77. The van der Waals surface area contributed by atoms with E-state index in [-0.39, 0.29) is 30.0 Å². The first-order valence-corrected chi connectivity index (χ1v) is 9.89. The predicted molar refractivity (Wildman–Crippen MR) is 101 cm³/mol. The molecule has 8 nitrogen and oxygen atoms in total. The topological polar surface area (TPSA) is 99.4 Å². The molecule has 2 aliphatic heterocycles. The Morgan fingerprint density at radius 1 is 1.41 bits per heavy atom. The highest BCUT2D eigenvalue weighted by Crippen LogP contribution is 2.37. The number of nitrogens with zero attached hydrogens (tertiary/aromatic N) is 2. The van der Waals surface area contributed by atoms with Crippen LogP contribution in [0.1, 0.15) is 45.0 Å². The lowest BCUT2D eigenvalue weighted by molar-refractivity contribution is -0.138. The van der Waals surface area contributed by atoms with Crippen molar-refractivity contribution < 1.29 is 14.3 Å². The molecule has 3 N–H and O–H groups in total. The Morgan fingerprint density at radius 3 is 2.81 bits per heavy atom. The van der Waals surface area contributed by atoms with E-state index in [1.54, 1.807) is 6.33 Å². The van der Waals surface area contributed by atoms with Crippen LogP contribution in [0.2, 0.25) is 0 Å². The van der Waals surface area contributed by atoms with Gasteiger partial charge >= 0.3 is 0 Å². The van der Waals surface area contributed by atoms with Crippen LogP contribution in [0.4, 0.5) is 0 Å². The maximum absolute atomic E-state index is 12.7. The Kier molecular flexibility index (Phi) is 6.16. The number of amides is 2. The fraction of sp³-hybridized carbons (Fsp3) is 0.737. The van der Waals surface area contributed by atoms with E-state index in [4.69, 9.17) is 4.74 Å². The standard InChI is InChI=1S/C19H31N5O3/c1-4-27-11-16(25)24-7-5-19(6-8-24)17-14(21-12-22-17)9-15(23-19)18(26)20-10-13(2)3/h12-13,15,23H,4-11H2,1-3H3,(H,20,26)(H,21,22)/t15-/m0/s1. The van der Waals surface area contributed by atoms with Gasteiger partial charge in [0, 0.05) is 38.4 Å². The summed E-state index contributed by atoms with van der Waals surface area (Å²) < 4.78 is 5.25. The van der Waals surface area contributed by atoms with Crippen LogP contribution in [0.25, 0.3) is 0 Å². The third-order valence-electron chi connectivity index (χ3n) is 5.43. The average Bonchev–Trinajstić information content (AvgIpc) is 3.14. The summed E-state index contributed by atoms with van der Waals surface area (Å²) in [6, 6.07) is -0.289. The van der Waals surface area contributed by atoms with Gasteiger partial charge in [-0.05, 0) is 25.7 Å². The number of ether oxygens (including phenoxy) is 1. The zero-order valence-corrected chi connectivity index (χ0v) is 16.5. The molecule has 1 atom stereocenters. The Labute approximate surface area is 160 Å². The molecule has 3 heterocycles. The van der Waals surface area contributed by atoms with Gasteiger partial charge < -0.3 is 19.9 Å². The number of hydrogen-bond acceptors (Lipinski definition) is 5. The summed E-state index contributed by atoms with van der Waals surface area (Å²) in [7, 11) is 0. The molecule has 1 aromatic rings. The van der Waals surface area contributed by atoms with Gasteiger partial charge in [-0.1, -0.05) is 13.8 Å². The van der Waals surface area contributed by atoms with Crippen molar-refractivity contribution in [1.29, 1.82) is 0 Å². The first-order chi connectivity index (χ1) is 12.9. The monoisotopic (exact) mass is 377 g/mol. The summed E-state index contributed by atoms with van der Waals surface area (Å²) in [6.45, 7) is 8.64. The highest BCUT2D eigenvalue weighted by Gasteiger charge is 2.46. The number of rotatable bonds is 6. The van der Waals surface area contributed by atoms with Gasteiger partial charge in [0.2, 0.25) is 11.8 Å². The lowest BCUT2D eigenvalue weighted by atomic mass is 9.78. The van der Waals surface area contributed by atoms with Crippen LogP contribution in [0, 0.1) is 5.92 Å². The molecule has 2 aliphatic rings. The van der Waals surface area contributed by atoms with Gasteiger partial charge in [-0.15, -0.1) is 0 Å². The fourth-order valence-electron chi connectivity index (χ4n) is 3.93. The third-order valence-corrected chi connectivity index (χ3v) is 5.43. The van der Waals surface area contributed by atoms with Gasteiger partial charge in [0.05, 0.1) is 23.6 Å². The number of carbonyl (C=O) groups excluding carboxylic acids is 2. The van der Waals surface area contributed by atoms with Crippen LogP contribution in [0.5, 0.6) is 0 Å². The lowest BCUT2D eigenvalue weighted by Gasteiger charge is -2.46. The van der Waals surface area contributed by atoms with Crippen molar-refractivity contribution in [3.8, 4) is 0 Å². The minimum absolute atomic E-state index is 0.0241. The quantitative estimate of drug-likeness (QED) is 0.672. The average molecular weight is 377 g/mol. The number of carbonyl (C=O) groups is 2. The number of H-pyrrole nitrogens is 1. The zero-order valence-electron chi connectivity index (χ0n) is 16.5. The van der Waals surface area contributed by atoms with Gasteiger partial charge in [0.15, 0.2) is 0 Å². The number of piperidine rings is 1. The van der Waals surface area contributed by atoms with Gasteiger partial charge in [0.25, 0.3) is 0 Å². The van der Waals surface area contributed by atoms with Crippen LogP contribution in [-0.4, -0.2) is 65.6 Å². The maximum Gasteiger partial charge on any atom is 0.248 e. The summed E-state index contributed by atoms with van der Waals surface area (Å²) in [5.41, 5.74) is 1.65. The molecule has 27 heavy (non-hydrogen) atoms. The molecule has 0 radical (unpaired) electrons. The van der Waals surface area contributed by atoms with Crippen molar-refractivity contribution in [3.05, 3.63) is 17.7 Å². The van der Waals surface area contributed by atoms with Crippen molar-refractivity contribution in [3.63, 3.8) is 0 Å². The number of fused-ring (bicyclic) bond motifs is 2. The molecular formula is C19H31N5O3. The number of hydrogen-bond donors (Lipinski definition) is 3. The molecule has 1 aromatic heterocycles. The Morgan fingerprint density at radius 2 is 2.15 bits per heavy atom. The molecule has 2 amide bonds. The lowest BCUT2D eigenvalue weighted by Crippen LogP contribution is -2.62. The fourth-order valence-corrected chi connectivity index (χ4v) is 3.93. The van der Waals surface area contributed by atoms with Crippen molar-refractivity contribution in [2.45, 2.75) is 51.6 Å². The molecule has 0 bridgehead atoms. The molecule has 8 heteroatoms. The summed E-state index contributed by atoms with van der Waals surface area (Å²) in [5.74, 6) is 0.461. The second kappa shape index (κ2) is 8.39. The number of imidazole rings is 1.